The van der Waals surface area contributed by atoms with Crippen LogP contribution in [0, 0.1) is 0 Å². The maximum atomic E-state index is 12.0. The second-order valence-electron chi connectivity index (χ2n) is 4.58. The molecule has 0 saturated carbocycles. The van der Waals surface area contributed by atoms with Crippen molar-refractivity contribution in [2.75, 3.05) is 0 Å². The molecule has 2 aromatic carbocycles. The number of fused-ring (bicyclic) bond motifs is 4. The maximum absolute atomic E-state index is 12.0. The zero-order chi connectivity index (χ0) is 12.8. The van der Waals surface area contributed by atoms with E-state index in [2.05, 4.69) is 16.0 Å². The van der Waals surface area contributed by atoms with Gasteiger partial charge in [0.1, 0.15) is 5.65 Å². The van der Waals surface area contributed by atoms with Crippen LogP contribution in [0.25, 0.3) is 32.7 Å². The van der Waals surface area contributed by atoms with Crippen LogP contribution in [0.1, 0.15) is 0 Å². The van der Waals surface area contributed by atoms with Crippen LogP contribution in [0.5, 0.6) is 0 Å². The second kappa shape index (κ2) is 3.65. The summed E-state index contributed by atoms with van der Waals surface area (Å²) in [6, 6.07) is 17.6. The zero-order valence-electron chi connectivity index (χ0n) is 10.1. The van der Waals surface area contributed by atoms with Crippen molar-refractivity contribution in [3.05, 3.63) is 65.0 Å². The van der Waals surface area contributed by atoms with Gasteiger partial charge < -0.3 is 4.98 Å². The Kier molecular flexibility index (Phi) is 1.97. The summed E-state index contributed by atoms with van der Waals surface area (Å²) in [5.41, 5.74) is 1.44. The normalized spacial score (nSPS) is 11.4. The van der Waals surface area contributed by atoms with E-state index in [1.165, 1.54) is 0 Å². The van der Waals surface area contributed by atoms with Gasteiger partial charge in [0.25, 0.3) is 5.56 Å². The lowest BCUT2D eigenvalue weighted by Gasteiger charge is -2.04. The van der Waals surface area contributed by atoms with Crippen molar-refractivity contribution in [3.8, 4) is 0 Å². The molecule has 0 aliphatic rings. The van der Waals surface area contributed by atoms with Crippen LogP contribution >= 0.6 is 0 Å². The predicted octanol–water partition coefficient (Wildman–Crippen LogP) is 3.23. The van der Waals surface area contributed by atoms with E-state index in [0.717, 1.165) is 21.7 Å². The van der Waals surface area contributed by atoms with Crippen molar-refractivity contribution in [3.63, 3.8) is 0 Å². The van der Waals surface area contributed by atoms with Crippen LogP contribution in [0.4, 0.5) is 0 Å². The lowest BCUT2D eigenvalue weighted by atomic mass is 10.1. The van der Waals surface area contributed by atoms with E-state index in [1.807, 2.05) is 48.5 Å². The monoisotopic (exact) mass is 246 g/mol. The molecule has 0 saturated heterocycles. The topological polar surface area (TPSA) is 45.8 Å². The van der Waals surface area contributed by atoms with Gasteiger partial charge in [-0.3, -0.25) is 4.79 Å². The summed E-state index contributed by atoms with van der Waals surface area (Å²) in [7, 11) is 0. The Hall–Kier alpha value is -2.68. The van der Waals surface area contributed by atoms with E-state index in [-0.39, 0.29) is 5.56 Å². The molecule has 0 atom stereocenters. The number of hydrogen-bond acceptors (Lipinski definition) is 2. The Morgan fingerprint density at radius 1 is 0.842 bits per heavy atom. The van der Waals surface area contributed by atoms with Crippen LogP contribution in [0.3, 0.4) is 0 Å². The first-order chi connectivity index (χ1) is 9.33. The summed E-state index contributed by atoms with van der Waals surface area (Å²) in [6.07, 6.45) is 0. The Morgan fingerprint density at radius 2 is 1.58 bits per heavy atom. The first-order valence-electron chi connectivity index (χ1n) is 6.13. The Balaban J connectivity index is 2.32. The number of benzene rings is 2. The summed E-state index contributed by atoms with van der Waals surface area (Å²) in [5, 5.41) is 3.70. The lowest BCUT2D eigenvalue weighted by molar-refractivity contribution is 1.28. The Labute approximate surface area is 108 Å². The quantitative estimate of drug-likeness (QED) is 0.382. The highest BCUT2D eigenvalue weighted by Gasteiger charge is 2.06. The SMILES string of the molecule is O=c1[nH]c2nc3ccccc3cc2c2ccccc12. The summed E-state index contributed by atoms with van der Waals surface area (Å²) < 4.78 is 0. The number of aromatic amines is 1. The molecule has 19 heavy (non-hydrogen) atoms. The maximum Gasteiger partial charge on any atom is 0.257 e. The molecule has 3 nitrogen and oxygen atoms in total. The number of nitrogens with zero attached hydrogens (tertiary/aromatic N) is 1. The molecule has 0 spiro atoms. The van der Waals surface area contributed by atoms with Gasteiger partial charge in [0.15, 0.2) is 0 Å². The number of rotatable bonds is 0. The number of aromatic nitrogens is 2. The van der Waals surface area contributed by atoms with E-state index in [4.69, 9.17) is 0 Å². The molecule has 4 aromatic rings. The van der Waals surface area contributed by atoms with Crippen LogP contribution in [-0.4, -0.2) is 9.97 Å². The molecule has 0 radical (unpaired) electrons. The van der Waals surface area contributed by atoms with Crippen LogP contribution < -0.4 is 5.56 Å². The van der Waals surface area contributed by atoms with Crippen molar-refractivity contribution >= 4 is 32.7 Å². The molecular formula is C16H10N2O. The number of H-pyrrole nitrogens is 1. The third-order valence-electron chi connectivity index (χ3n) is 3.42. The third kappa shape index (κ3) is 1.45. The van der Waals surface area contributed by atoms with Gasteiger partial charge in [-0.15, -0.1) is 0 Å². The largest absolute Gasteiger partial charge is 0.306 e. The number of nitrogens with one attached hydrogen (secondary N) is 1. The smallest absolute Gasteiger partial charge is 0.257 e. The van der Waals surface area contributed by atoms with E-state index < -0.39 is 0 Å². The van der Waals surface area contributed by atoms with E-state index in [1.54, 1.807) is 0 Å². The molecular weight excluding hydrogens is 236 g/mol. The van der Waals surface area contributed by atoms with Crippen molar-refractivity contribution in [2.45, 2.75) is 0 Å². The Morgan fingerprint density at radius 3 is 2.47 bits per heavy atom. The molecule has 0 aliphatic heterocycles. The molecule has 0 bridgehead atoms. The minimum Gasteiger partial charge on any atom is -0.306 e. The first-order valence-corrected chi connectivity index (χ1v) is 6.13. The van der Waals surface area contributed by atoms with Gasteiger partial charge in [-0.1, -0.05) is 36.4 Å². The van der Waals surface area contributed by atoms with Crippen molar-refractivity contribution in [1.29, 1.82) is 0 Å². The van der Waals surface area contributed by atoms with Crippen molar-refractivity contribution in [2.24, 2.45) is 0 Å². The van der Waals surface area contributed by atoms with Gasteiger partial charge in [-0.2, -0.15) is 0 Å². The predicted molar refractivity (Wildman–Crippen MR) is 77.4 cm³/mol. The highest BCUT2D eigenvalue weighted by Crippen LogP contribution is 2.23. The van der Waals surface area contributed by atoms with Crippen molar-refractivity contribution < 1.29 is 0 Å². The molecule has 2 aromatic heterocycles. The number of hydrogen-bond donors (Lipinski definition) is 1. The fourth-order valence-electron chi connectivity index (χ4n) is 2.51. The van der Waals surface area contributed by atoms with E-state index in [9.17, 15) is 4.79 Å². The standard InChI is InChI=1S/C16H10N2O/c19-16-12-7-3-2-6-11(12)13-9-10-5-1-4-8-14(10)17-15(13)18-16/h1-9H,(H,17,18,19). The molecule has 0 amide bonds. The first kappa shape index (κ1) is 10.3. The molecule has 4 rings (SSSR count). The molecule has 3 heteroatoms. The fraction of sp³-hybridized carbons (Fsp3) is 0. The van der Waals surface area contributed by atoms with Crippen molar-refractivity contribution in [1.82, 2.24) is 9.97 Å². The summed E-state index contributed by atoms with van der Waals surface area (Å²) in [5.74, 6) is 0. The van der Waals surface area contributed by atoms with E-state index in [0.29, 0.717) is 11.0 Å². The second-order valence-corrected chi connectivity index (χ2v) is 4.58. The highest BCUT2D eigenvalue weighted by molar-refractivity contribution is 6.07. The van der Waals surface area contributed by atoms with Gasteiger partial charge in [0.05, 0.1) is 5.52 Å². The minimum atomic E-state index is -0.0918. The van der Waals surface area contributed by atoms with Gasteiger partial charge in [0, 0.05) is 16.2 Å². The summed E-state index contributed by atoms with van der Waals surface area (Å²) in [4.78, 5) is 19.4. The Bertz CT molecular complexity index is 986. The van der Waals surface area contributed by atoms with Crippen LogP contribution in [0.2, 0.25) is 0 Å². The van der Waals surface area contributed by atoms with Gasteiger partial charge in [-0.25, -0.2) is 4.98 Å². The third-order valence-corrected chi connectivity index (χ3v) is 3.42. The summed E-state index contributed by atoms with van der Waals surface area (Å²) in [6.45, 7) is 0. The molecule has 0 aliphatic carbocycles. The average Bonchev–Trinajstić information content (AvgIpc) is 2.46. The van der Waals surface area contributed by atoms with Crippen LogP contribution in [0.15, 0.2) is 59.4 Å². The lowest BCUT2D eigenvalue weighted by Crippen LogP contribution is -2.07. The molecule has 0 fully saturated rings. The molecule has 2 heterocycles. The number of pyridine rings is 2. The van der Waals surface area contributed by atoms with E-state index >= 15 is 0 Å². The zero-order valence-corrected chi connectivity index (χ0v) is 10.1. The average molecular weight is 246 g/mol. The fourth-order valence-corrected chi connectivity index (χ4v) is 2.51. The molecule has 90 valence electrons. The van der Waals surface area contributed by atoms with Gasteiger partial charge >= 0.3 is 0 Å². The molecule has 0 unspecified atom stereocenters. The minimum absolute atomic E-state index is 0.0918. The summed E-state index contributed by atoms with van der Waals surface area (Å²) >= 11 is 0. The van der Waals surface area contributed by atoms with Gasteiger partial charge in [0.2, 0.25) is 0 Å². The van der Waals surface area contributed by atoms with Crippen LogP contribution in [-0.2, 0) is 0 Å². The highest BCUT2D eigenvalue weighted by atomic mass is 16.1. The van der Waals surface area contributed by atoms with Gasteiger partial charge in [-0.05, 0) is 23.6 Å². The number of para-hydroxylation sites is 1. The molecule has 1 N–H and O–H groups in total.